The van der Waals surface area contributed by atoms with Crippen molar-refractivity contribution in [3.05, 3.63) is 91.5 Å². The van der Waals surface area contributed by atoms with Crippen LogP contribution < -0.4 is 19.6 Å². The molecule has 1 atom stereocenters. The van der Waals surface area contributed by atoms with Gasteiger partial charge < -0.3 is 9.47 Å². The first-order valence-corrected chi connectivity index (χ1v) is 13.8. The van der Waals surface area contributed by atoms with Crippen molar-refractivity contribution in [1.29, 1.82) is 5.26 Å². The van der Waals surface area contributed by atoms with Gasteiger partial charge in [0.15, 0.2) is 11.4 Å². The van der Waals surface area contributed by atoms with Crippen molar-refractivity contribution in [1.82, 2.24) is 4.57 Å². The molecule has 0 radical (unpaired) electrons. The average molecular weight is 699 g/mol. The number of carbonyl (C=O) groups is 1. The standard InChI is InChI=1S/C25H18BrClIN3O4S/c1-3-34-24(33)20-13(2)30-25-31(21(20)16-6-4-5-7-17(16)27)23(32)19(36-25)11-14-10-15(26)12-18(28)22(14)35-9-8-29/h4-7,10-12,21H,3,9H2,1-2H3/b19-11-/t21-/m1/s1. The molecule has 0 aliphatic carbocycles. The lowest BCUT2D eigenvalue weighted by Crippen LogP contribution is -2.40. The molecule has 0 spiro atoms. The molecule has 0 fully saturated rings. The minimum Gasteiger partial charge on any atom is -0.477 e. The van der Waals surface area contributed by atoms with Crippen LogP contribution in [-0.2, 0) is 9.53 Å². The van der Waals surface area contributed by atoms with Gasteiger partial charge in [0, 0.05) is 15.1 Å². The van der Waals surface area contributed by atoms with Crippen LogP contribution >= 0.6 is 61.5 Å². The first-order chi connectivity index (χ1) is 17.3. The predicted molar refractivity (Wildman–Crippen MR) is 150 cm³/mol. The molecule has 36 heavy (non-hydrogen) atoms. The number of nitrogens with zero attached hydrogens (tertiary/aromatic N) is 3. The summed E-state index contributed by atoms with van der Waals surface area (Å²) in [5.74, 6) is -0.0519. The van der Waals surface area contributed by atoms with Gasteiger partial charge in [-0.2, -0.15) is 5.26 Å². The van der Waals surface area contributed by atoms with E-state index in [0.29, 0.717) is 36.9 Å². The smallest absolute Gasteiger partial charge is 0.338 e. The highest BCUT2D eigenvalue weighted by atomic mass is 127. The summed E-state index contributed by atoms with van der Waals surface area (Å²) in [6.45, 7) is 3.49. The first-order valence-electron chi connectivity index (χ1n) is 10.7. The molecule has 2 heterocycles. The number of thiazole rings is 1. The quantitative estimate of drug-likeness (QED) is 0.275. The summed E-state index contributed by atoms with van der Waals surface area (Å²) in [5.41, 5.74) is 1.61. The van der Waals surface area contributed by atoms with Crippen molar-refractivity contribution in [2.75, 3.05) is 13.2 Å². The van der Waals surface area contributed by atoms with Gasteiger partial charge in [-0.25, -0.2) is 9.79 Å². The number of carbonyl (C=O) groups excluding carboxylic acids is 1. The summed E-state index contributed by atoms with van der Waals surface area (Å²) < 4.78 is 14.4. The molecular weight excluding hydrogens is 681 g/mol. The Morgan fingerprint density at radius 1 is 1.39 bits per heavy atom. The number of fused-ring (bicyclic) bond motifs is 1. The summed E-state index contributed by atoms with van der Waals surface area (Å²) in [6.07, 6.45) is 1.70. The first kappa shape index (κ1) is 26.6. The number of halogens is 3. The van der Waals surface area contributed by atoms with Crippen molar-refractivity contribution in [2.45, 2.75) is 19.9 Å². The van der Waals surface area contributed by atoms with E-state index in [1.165, 1.54) is 15.9 Å². The molecule has 4 rings (SSSR count). The molecule has 0 saturated carbocycles. The van der Waals surface area contributed by atoms with E-state index in [9.17, 15) is 9.59 Å². The number of esters is 1. The van der Waals surface area contributed by atoms with Crippen LogP contribution in [0.25, 0.3) is 6.08 Å². The van der Waals surface area contributed by atoms with Crippen LogP contribution in [0.5, 0.6) is 5.75 Å². The van der Waals surface area contributed by atoms with E-state index in [1.807, 2.05) is 18.2 Å². The molecule has 1 aliphatic rings. The van der Waals surface area contributed by atoms with Crippen molar-refractivity contribution in [2.24, 2.45) is 4.99 Å². The molecule has 2 aromatic carbocycles. The van der Waals surface area contributed by atoms with Crippen LogP contribution in [-0.4, -0.2) is 23.8 Å². The number of allylic oxidation sites excluding steroid dienone is 1. The number of rotatable bonds is 6. The summed E-state index contributed by atoms with van der Waals surface area (Å²) in [4.78, 5) is 31.8. The maximum Gasteiger partial charge on any atom is 0.338 e. The molecule has 1 aromatic heterocycles. The third-order valence-electron chi connectivity index (χ3n) is 5.32. The molecule has 11 heteroatoms. The zero-order chi connectivity index (χ0) is 26.0. The second kappa shape index (κ2) is 11.3. The zero-order valence-corrected chi connectivity index (χ0v) is 24.4. The number of benzene rings is 2. The second-order valence-corrected chi connectivity index (χ2v) is 11.1. The molecular formula is C25H18BrClIN3O4S. The van der Waals surface area contributed by atoms with E-state index in [-0.39, 0.29) is 24.3 Å². The Hall–Kier alpha value is -2.46. The predicted octanol–water partition coefficient (Wildman–Crippen LogP) is 4.72. The minimum atomic E-state index is -0.798. The summed E-state index contributed by atoms with van der Waals surface area (Å²) in [5, 5.41) is 9.41. The number of nitriles is 1. The van der Waals surface area contributed by atoms with Crippen LogP contribution in [0.15, 0.2) is 61.9 Å². The fourth-order valence-electron chi connectivity index (χ4n) is 3.87. The molecule has 1 aliphatic heterocycles. The van der Waals surface area contributed by atoms with Gasteiger partial charge in [-0.15, -0.1) is 0 Å². The molecule has 0 amide bonds. The lowest BCUT2D eigenvalue weighted by Gasteiger charge is -2.25. The molecule has 7 nitrogen and oxygen atoms in total. The second-order valence-electron chi connectivity index (χ2n) is 7.58. The highest BCUT2D eigenvalue weighted by molar-refractivity contribution is 14.1. The number of hydrogen-bond donors (Lipinski definition) is 0. The number of ether oxygens (including phenoxy) is 2. The average Bonchev–Trinajstić information content (AvgIpc) is 3.12. The Kier molecular flexibility index (Phi) is 8.34. The van der Waals surface area contributed by atoms with Crippen molar-refractivity contribution >= 4 is 73.5 Å². The maximum absolute atomic E-state index is 13.8. The van der Waals surface area contributed by atoms with Gasteiger partial charge in [0.25, 0.3) is 5.56 Å². The van der Waals surface area contributed by atoms with Gasteiger partial charge in [-0.3, -0.25) is 9.36 Å². The fraction of sp³-hybridized carbons (Fsp3) is 0.200. The lowest BCUT2D eigenvalue weighted by molar-refractivity contribution is -0.139. The molecule has 3 aromatic rings. The zero-order valence-electron chi connectivity index (χ0n) is 19.0. The van der Waals surface area contributed by atoms with E-state index in [1.54, 1.807) is 44.2 Å². The maximum atomic E-state index is 13.8. The van der Waals surface area contributed by atoms with Gasteiger partial charge >= 0.3 is 5.97 Å². The molecule has 0 saturated heterocycles. The fourth-order valence-corrected chi connectivity index (χ4v) is 6.85. The largest absolute Gasteiger partial charge is 0.477 e. The van der Waals surface area contributed by atoms with E-state index < -0.39 is 12.0 Å². The Morgan fingerprint density at radius 2 is 2.14 bits per heavy atom. The Balaban J connectivity index is 1.99. The van der Waals surface area contributed by atoms with Crippen LogP contribution in [0.3, 0.4) is 0 Å². The van der Waals surface area contributed by atoms with Crippen molar-refractivity contribution in [3.8, 4) is 11.8 Å². The molecule has 0 bridgehead atoms. The lowest BCUT2D eigenvalue weighted by atomic mass is 9.96. The van der Waals surface area contributed by atoms with Gasteiger partial charge in [-0.1, -0.05) is 57.1 Å². The van der Waals surface area contributed by atoms with Crippen molar-refractivity contribution < 1.29 is 14.3 Å². The van der Waals surface area contributed by atoms with E-state index in [4.69, 9.17) is 26.3 Å². The SMILES string of the molecule is CCOC(=O)C1=C(C)N=c2s/c(=C\c3cc(Br)cc(I)c3OCC#N)c(=O)n2[C@@H]1c1ccccc1Cl. The Bertz CT molecular complexity index is 1620. The monoisotopic (exact) mass is 697 g/mol. The molecule has 184 valence electrons. The van der Waals surface area contributed by atoms with Crippen LogP contribution in [0, 0.1) is 14.9 Å². The van der Waals surface area contributed by atoms with Gasteiger partial charge in [0.05, 0.1) is 26.0 Å². The summed E-state index contributed by atoms with van der Waals surface area (Å²) in [7, 11) is 0. The molecule has 0 unspecified atom stereocenters. The third-order valence-corrected chi connectivity index (χ3v) is 7.91. The van der Waals surface area contributed by atoms with Gasteiger partial charge in [0.1, 0.15) is 17.9 Å². The summed E-state index contributed by atoms with van der Waals surface area (Å²) >= 11 is 13.3. The third kappa shape index (κ3) is 5.16. The summed E-state index contributed by atoms with van der Waals surface area (Å²) in [6, 6.07) is 11.9. The topological polar surface area (TPSA) is 93.7 Å². The van der Waals surface area contributed by atoms with Crippen LogP contribution in [0.4, 0.5) is 0 Å². The highest BCUT2D eigenvalue weighted by Gasteiger charge is 2.34. The minimum absolute atomic E-state index is 0.131. The normalized spacial score (nSPS) is 15.2. The van der Waals surface area contributed by atoms with Gasteiger partial charge in [-0.05, 0) is 66.3 Å². The van der Waals surface area contributed by atoms with Crippen molar-refractivity contribution in [3.63, 3.8) is 0 Å². The Morgan fingerprint density at radius 3 is 2.83 bits per heavy atom. The number of aromatic nitrogens is 1. The van der Waals surface area contributed by atoms with Crippen LogP contribution in [0.2, 0.25) is 5.02 Å². The Labute approximate surface area is 237 Å². The van der Waals surface area contributed by atoms with E-state index in [2.05, 4.69) is 43.5 Å². The highest BCUT2D eigenvalue weighted by Crippen LogP contribution is 2.35. The molecule has 0 N–H and O–H groups in total. The van der Waals surface area contributed by atoms with Gasteiger partial charge in [0.2, 0.25) is 0 Å². The van der Waals surface area contributed by atoms with E-state index >= 15 is 0 Å². The van der Waals surface area contributed by atoms with E-state index in [0.717, 1.165) is 8.04 Å². The van der Waals surface area contributed by atoms with Crippen LogP contribution in [0.1, 0.15) is 31.0 Å². The number of hydrogen-bond acceptors (Lipinski definition) is 7.